The van der Waals surface area contributed by atoms with Crippen LogP contribution in [0.15, 0.2) is 48.5 Å². The molecule has 3 atom stereocenters. The molecule has 1 unspecified atom stereocenters. The van der Waals surface area contributed by atoms with E-state index >= 15 is 0 Å². The molecule has 1 saturated heterocycles. The number of nitrogens with zero attached hydrogens (tertiary/aromatic N) is 1. The Hall–Kier alpha value is -3.47. The van der Waals surface area contributed by atoms with Crippen molar-refractivity contribution in [3.8, 4) is 5.75 Å². The van der Waals surface area contributed by atoms with E-state index in [2.05, 4.69) is 5.32 Å². The molecule has 2 aromatic carbocycles. The summed E-state index contributed by atoms with van der Waals surface area (Å²) in [5.74, 6) is -2.17. The van der Waals surface area contributed by atoms with Crippen LogP contribution in [0.5, 0.6) is 5.75 Å². The maximum Gasteiger partial charge on any atom is 0.344 e. The SMILES string of the molecule is CCC(Oc1cccc(N2CCO[C@H]([C@@H](O)C(=O)Nc3ccc(CN)cc3)C2=O)c1)C(=O)O. The van der Waals surface area contributed by atoms with Gasteiger partial charge in [0.25, 0.3) is 11.8 Å². The number of amides is 2. The number of hydrogen-bond donors (Lipinski definition) is 4. The first-order chi connectivity index (χ1) is 15.8. The zero-order chi connectivity index (χ0) is 24.0. The van der Waals surface area contributed by atoms with Crippen LogP contribution in [0.2, 0.25) is 0 Å². The number of anilines is 2. The van der Waals surface area contributed by atoms with Crippen molar-refractivity contribution in [3.05, 3.63) is 54.1 Å². The fourth-order valence-corrected chi connectivity index (χ4v) is 3.36. The number of rotatable bonds is 9. The number of aliphatic carboxylic acids is 1. The van der Waals surface area contributed by atoms with Crippen molar-refractivity contribution < 1.29 is 34.1 Å². The summed E-state index contributed by atoms with van der Waals surface area (Å²) in [5, 5.41) is 22.3. The molecular weight excluding hydrogens is 430 g/mol. The minimum Gasteiger partial charge on any atom is -0.479 e. The van der Waals surface area contributed by atoms with Crippen molar-refractivity contribution >= 4 is 29.2 Å². The average Bonchev–Trinajstić information content (AvgIpc) is 2.82. The Kier molecular flexibility index (Phi) is 7.99. The van der Waals surface area contributed by atoms with E-state index in [0.29, 0.717) is 17.9 Å². The van der Waals surface area contributed by atoms with Gasteiger partial charge in [-0.3, -0.25) is 9.59 Å². The molecule has 3 rings (SSSR count). The molecule has 5 N–H and O–H groups in total. The lowest BCUT2D eigenvalue weighted by atomic mass is 10.1. The van der Waals surface area contributed by atoms with Crippen molar-refractivity contribution in [1.29, 1.82) is 0 Å². The van der Waals surface area contributed by atoms with Gasteiger partial charge in [0.15, 0.2) is 18.3 Å². The summed E-state index contributed by atoms with van der Waals surface area (Å²) < 4.78 is 10.9. The number of carboxylic acid groups (broad SMARTS) is 1. The van der Waals surface area contributed by atoms with Gasteiger partial charge < -0.3 is 35.6 Å². The van der Waals surface area contributed by atoms with Gasteiger partial charge in [-0.15, -0.1) is 0 Å². The zero-order valence-corrected chi connectivity index (χ0v) is 18.1. The van der Waals surface area contributed by atoms with Crippen LogP contribution in [0.3, 0.4) is 0 Å². The number of carbonyl (C=O) groups is 3. The Morgan fingerprint density at radius 3 is 2.64 bits per heavy atom. The molecule has 0 bridgehead atoms. The van der Waals surface area contributed by atoms with Gasteiger partial charge in [-0.25, -0.2) is 4.79 Å². The smallest absolute Gasteiger partial charge is 0.344 e. The molecule has 0 spiro atoms. The van der Waals surface area contributed by atoms with E-state index in [-0.39, 0.29) is 25.3 Å². The quantitative estimate of drug-likeness (QED) is 0.437. The van der Waals surface area contributed by atoms with E-state index < -0.39 is 36.1 Å². The molecule has 0 aromatic heterocycles. The first-order valence-corrected chi connectivity index (χ1v) is 10.5. The molecule has 33 heavy (non-hydrogen) atoms. The molecule has 2 aromatic rings. The lowest BCUT2D eigenvalue weighted by Crippen LogP contribution is -2.55. The number of carbonyl (C=O) groups excluding carboxylic acids is 2. The fourth-order valence-electron chi connectivity index (χ4n) is 3.36. The van der Waals surface area contributed by atoms with Gasteiger partial charge in [-0.2, -0.15) is 0 Å². The number of carboxylic acids is 1. The third-order valence-corrected chi connectivity index (χ3v) is 5.19. The van der Waals surface area contributed by atoms with E-state index in [1.807, 2.05) is 0 Å². The highest BCUT2D eigenvalue weighted by molar-refractivity contribution is 6.03. The van der Waals surface area contributed by atoms with Crippen molar-refractivity contribution in [2.24, 2.45) is 5.73 Å². The molecule has 1 aliphatic heterocycles. The average molecular weight is 457 g/mol. The minimum atomic E-state index is -1.73. The molecule has 2 amide bonds. The fraction of sp³-hybridized carbons (Fsp3) is 0.348. The maximum atomic E-state index is 13.0. The van der Waals surface area contributed by atoms with Crippen LogP contribution < -0.4 is 20.7 Å². The molecule has 0 aliphatic carbocycles. The predicted molar refractivity (Wildman–Crippen MR) is 120 cm³/mol. The van der Waals surface area contributed by atoms with E-state index in [1.165, 1.54) is 11.0 Å². The van der Waals surface area contributed by atoms with Crippen molar-refractivity contribution in [2.45, 2.75) is 38.2 Å². The number of nitrogens with one attached hydrogen (secondary N) is 1. The molecule has 0 radical (unpaired) electrons. The number of nitrogens with two attached hydrogens (primary N) is 1. The van der Waals surface area contributed by atoms with E-state index in [9.17, 15) is 24.6 Å². The van der Waals surface area contributed by atoms with Crippen LogP contribution in [-0.2, 0) is 25.7 Å². The van der Waals surface area contributed by atoms with Crippen LogP contribution in [0, 0.1) is 0 Å². The van der Waals surface area contributed by atoms with Crippen LogP contribution in [0.25, 0.3) is 0 Å². The highest BCUT2D eigenvalue weighted by Crippen LogP contribution is 2.26. The number of morpholine rings is 1. The van der Waals surface area contributed by atoms with Gasteiger partial charge in [-0.05, 0) is 36.2 Å². The summed E-state index contributed by atoms with van der Waals surface area (Å²) in [5.41, 5.74) is 7.33. The van der Waals surface area contributed by atoms with Crippen molar-refractivity contribution in [3.63, 3.8) is 0 Å². The lowest BCUT2D eigenvalue weighted by Gasteiger charge is -2.34. The molecule has 10 heteroatoms. The van der Waals surface area contributed by atoms with Gasteiger partial charge in [-0.1, -0.05) is 25.1 Å². The lowest BCUT2D eigenvalue weighted by molar-refractivity contribution is -0.150. The molecule has 1 aliphatic rings. The molecule has 176 valence electrons. The van der Waals surface area contributed by atoms with Gasteiger partial charge in [0.05, 0.1) is 6.61 Å². The van der Waals surface area contributed by atoms with Crippen LogP contribution >= 0.6 is 0 Å². The number of ether oxygens (including phenoxy) is 2. The zero-order valence-electron chi connectivity index (χ0n) is 18.1. The Labute approximate surface area is 190 Å². The normalized spacial score (nSPS) is 17.8. The second-order valence-corrected chi connectivity index (χ2v) is 7.47. The summed E-state index contributed by atoms with van der Waals surface area (Å²) in [6, 6.07) is 13.2. The molecule has 0 saturated carbocycles. The molecular formula is C23H27N3O7. The Morgan fingerprint density at radius 1 is 1.27 bits per heavy atom. The van der Waals surface area contributed by atoms with Crippen LogP contribution in [0.1, 0.15) is 18.9 Å². The predicted octanol–water partition coefficient (Wildman–Crippen LogP) is 1.12. The Bertz CT molecular complexity index is 996. The molecule has 10 nitrogen and oxygen atoms in total. The summed E-state index contributed by atoms with van der Waals surface area (Å²) in [6.07, 6.45) is -3.87. The maximum absolute atomic E-state index is 13.0. The Balaban J connectivity index is 1.70. The third-order valence-electron chi connectivity index (χ3n) is 5.19. The van der Waals surface area contributed by atoms with E-state index in [0.717, 1.165) is 5.56 Å². The Morgan fingerprint density at radius 2 is 2.00 bits per heavy atom. The minimum absolute atomic E-state index is 0.101. The van der Waals surface area contributed by atoms with Gasteiger partial charge in [0, 0.05) is 30.5 Å². The summed E-state index contributed by atoms with van der Waals surface area (Å²) >= 11 is 0. The van der Waals surface area contributed by atoms with Crippen molar-refractivity contribution in [1.82, 2.24) is 0 Å². The highest BCUT2D eigenvalue weighted by atomic mass is 16.5. The number of benzene rings is 2. The summed E-state index contributed by atoms with van der Waals surface area (Å²) in [4.78, 5) is 38.1. The highest BCUT2D eigenvalue weighted by Gasteiger charge is 2.39. The number of aliphatic hydroxyl groups excluding tert-OH is 1. The van der Waals surface area contributed by atoms with Crippen LogP contribution in [-0.4, -0.2) is 59.5 Å². The van der Waals surface area contributed by atoms with E-state index in [4.69, 9.17) is 15.2 Å². The van der Waals surface area contributed by atoms with Crippen molar-refractivity contribution in [2.75, 3.05) is 23.4 Å². The largest absolute Gasteiger partial charge is 0.479 e. The molecule has 1 fully saturated rings. The third kappa shape index (κ3) is 5.86. The first kappa shape index (κ1) is 24.2. The second kappa shape index (κ2) is 10.9. The van der Waals surface area contributed by atoms with Crippen LogP contribution in [0.4, 0.5) is 11.4 Å². The standard InChI is InChI=1S/C23H27N3O7/c1-2-18(23(30)31)33-17-5-3-4-16(12-17)26-10-11-32-20(22(26)29)19(27)21(28)25-15-8-6-14(13-24)7-9-15/h3-9,12,18-20,27H,2,10-11,13,24H2,1H3,(H,25,28)(H,30,31)/t18?,19-,20-/m1/s1. The summed E-state index contributed by atoms with van der Waals surface area (Å²) in [7, 11) is 0. The van der Waals surface area contributed by atoms with Gasteiger partial charge >= 0.3 is 5.97 Å². The van der Waals surface area contributed by atoms with Gasteiger partial charge in [0.1, 0.15) is 5.75 Å². The number of aliphatic hydroxyl groups is 1. The first-order valence-electron chi connectivity index (χ1n) is 10.5. The molecule has 1 heterocycles. The second-order valence-electron chi connectivity index (χ2n) is 7.47. The summed E-state index contributed by atoms with van der Waals surface area (Å²) in [6.45, 7) is 2.35. The monoisotopic (exact) mass is 457 g/mol. The van der Waals surface area contributed by atoms with Gasteiger partial charge in [0.2, 0.25) is 0 Å². The van der Waals surface area contributed by atoms with E-state index in [1.54, 1.807) is 49.4 Å². The number of hydrogen-bond acceptors (Lipinski definition) is 7. The topological polar surface area (TPSA) is 151 Å².